The Hall–Kier alpha value is -1.39. The van der Waals surface area contributed by atoms with E-state index in [1.807, 2.05) is 24.3 Å². The van der Waals surface area contributed by atoms with Crippen molar-refractivity contribution >= 4 is 11.6 Å². The summed E-state index contributed by atoms with van der Waals surface area (Å²) in [6, 6.07) is 8.14. The first kappa shape index (κ1) is 12.1. The van der Waals surface area contributed by atoms with Crippen LogP contribution in [0.4, 0.5) is 5.69 Å². The molecule has 1 heterocycles. The van der Waals surface area contributed by atoms with E-state index in [9.17, 15) is 4.79 Å². The maximum atomic E-state index is 10.9. The number of anilines is 1. The summed E-state index contributed by atoms with van der Waals surface area (Å²) < 4.78 is 5.52. The second-order valence-corrected chi connectivity index (χ2v) is 4.24. The number of carbonyl (C=O) groups is 1. The van der Waals surface area contributed by atoms with Gasteiger partial charge < -0.3 is 15.4 Å². The Bertz CT molecular complexity index is 368. The molecule has 1 aromatic rings. The van der Waals surface area contributed by atoms with Gasteiger partial charge in [0.05, 0.1) is 12.6 Å². The van der Waals surface area contributed by atoms with Crippen LogP contribution in [-0.4, -0.2) is 25.7 Å². The first-order chi connectivity index (χ1) is 8.25. The van der Waals surface area contributed by atoms with Gasteiger partial charge in [-0.2, -0.15) is 0 Å². The van der Waals surface area contributed by atoms with E-state index in [1.165, 1.54) is 12.5 Å². The summed E-state index contributed by atoms with van der Waals surface area (Å²) in [6.45, 7) is 4.03. The first-order valence-electron chi connectivity index (χ1n) is 5.94. The summed E-state index contributed by atoms with van der Waals surface area (Å²) in [7, 11) is 0. The molecule has 17 heavy (non-hydrogen) atoms. The van der Waals surface area contributed by atoms with Crippen LogP contribution in [0.15, 0.2) is 24.3 Å². The molecule has 1 saturated heterocycles. The van der Waals surface area contributed by atoms with E-state index in [1.54, 1.807) is 0 Å². The summed E-state index contributed by atoms with van der Waals surface area (Å²) in [5, 5.41) is 6.20. The second-order valence-electron chi connectivity index (χ2n) is 4.24. The van der Waals surface area contributed by atoms with Crippen LogP contribution < -0.4 is 10.6 Å². The van der Waals surface area contributed by atoms with Crippen molar-refractivity contribution in [3.63, 3.8) is 0 Å². The zero-order chi connectivity index (χ0) is 12.1. The molecule has 0 radical (unpaired) electrons. The average molecular weight is 234 g/mol. The van der Waals surface area contributed by atoms with Gasteiger partial charge in [-0.1, -0.05) is 12.1 Å². The molecule has 1 amide bonds. The van der Waals surface area contributed by atoms with Gasteiger partial charge in [-0.25, -0.2) is 0 Å². The van der Waals surface area contributed by atoms with Crippen LogP contribution in [0.5, 0.6) is 0 Å². The molecule has 0 spiro atoms. The van der Waals surface area contributed by atoms with Gasteiger partial charge in [-0.3, -0.25) is 4.79 Å². The highest BCUT2D eigenvalue weighted by atomic mass is 16.5. The lowest BCUT2D eigenvalue weighted by atomic mass is 10.1. The molecule has 1 aromatic carbocycles. The van der Waals surface area contributed by atoms with E-state index < -0.39 is 0 Å². The van der Waals surface area contributed by atoms with Crippen molar-refractivity contribution in [2.75, 3.05) is 25.1 Å². The molecule has 2 rings (SSSR count). The van der Waals surface area contributed by atoms with E-state index in [0.717, 1.165) is 25.3 Å². The molecule has 0 bridgehead atoms. The topological polar surface area (TPSA) is 50.4 Å². The Balaban J connectivity index is 2.03. The lowest BCUT2D eigenvalue weighted by Crippen LogP contribution is -2.23. The van der Waals surface area contributed by atoms with Crippen LogP contribution in [-0.2, 0) is 9.53 Å². The molecule has 1 aliphatic rings. The van der Waals surface area contributed by atoms with Gasteiger partial charge in [0.1, 0.15) is 0 Å². The average Bonchev–Trinajstić information content (AvgIpc) is 2.58. The Morgan fingerprint density at radius 3 is 2.88 bits per heavy atom. The van der Waals surface area contributed by atoms with Crippen molar-refractivity contribution < 1.29 is 9.53 Å². The Morgan fingerprint density at radius 1 is 1.41 bits per heavy atom. The highest BCUT2D eigenvalue weighted by Crippen LogP contribution is 2.18. The smallest absolute Gasteiger partial charge is 0.221 e. The minimum Gasteiger partial charge on any atom is -0.379 e. The fourth-order valence-electron chi connectivity index (χ4n) is 1.93. The van der Waals surface area contributed by atoms with Gasteiger partial charge in [0.25, 0.3) is 0 Å². The van der Waals surface area contributed by atoms with E-state index in [0.29, 0.717) is 6.61 Å². The standard InChI is InChI=1S/C13H18N2O2/c1-10(16)15-12-5-3-11(4-6-12)13-9-17-8-2-7-14-13/h3-6,13-14H,2,7-9H2,1H3,(H,15,16). The van der Waals surface area contributed by atoms with Gasteiger partial charge in [0, 0.05) is 19.2 Å². The molecule has 1 unspecified atom stereocenters. The fourth-order valence-corrected chi connectivity index (χ4v) is 1.93. The van der Waals surface area contributed by atoms with Gasteiger partial charge in [0.2, 0.25) is 5.91 Å². The number of ether oxygens (including phenoxy) is 1. The predicted molar refractivity (Wildman–Crippen MR) is 66.9 cm³/mol. The van der Waals surface area contributed by atoms with Gasteiger partial charge >= 0.3 is 0 Å². The fraction of sp³-hybridized carbons (Fsp3) is 0.462. The van der Waals surface area contributed by atoms with Gasteiger partial charge in [-0.05, 0) is 30.7 Å². The molecule has 0 aliphatic carbocycles. The van der Waals surface area contributed by atoms with Crippen molar-refractivity contribution in [1.82, 2.24) is 5.32 Å². The third-order valence-corrected chi connectivity index (χ3v) is 2.77. The number of nitrogens with one attached hydrogen (secondary N) is 2. The monoisotopic (exact) mass is 234 g/mol. The van der Waals surface area contributed by atoms with Gasteiger partial charge in [0.15, 0.2) is 0 Å². The van der Waals surface area contributed by atoms with Crippen LogP contribution in [0.25, 0.3) is 0 Å². The minimum atomic E-state index is -0.0475. The zero-order valence-electron chi connectivity index (χ0n) is 10.0. The van der Waals surface area contributed by atoms with Crippen LogP contribution in [0.1, 0.15) is 24.9 Å². The molecule has 4 nitrogen and oxygen atoms in total. The Kier molecular flexibility index (Phi) is 4.12. The number of carbonyl (C=O) groups excluding carboxylic acids is 1. The van der Waals surface area contributed by atoms with Crippen molar-refractivity contribution in [3.05, 3.63) is 29.8 Å². The lowest BCUT2D eigenvalue weighted by molar-refractivity contribution is -0.114. The van der Waals surface area contributed by atoms with E-state index in [2.05, 4.69) is 10.6 Å². The van der Waals surface area contributed by atoms with Crippen molar-refractivity contribution in [2.24, 2.45) is 0 Å². The molecule has 92 valence electrons. The molecule has 1 fully saturated rings. The maximum Gasteiger partial charge on any atom is 0.221 e. The Labute approximate surface area is 101 Å². The molecular weight excluding hydrogens is 216 g/mol. The minimum absolute atomic E-state index is 0.0475. The molecule has 2 N–H and O–H groups in total. The van der Waals surface area contributed by atoms with E-state index in [-0.39, 0.29) is 11.9 Å². The molecule has 0 aromatic heterocycles. The predicted octanol–water partition coefficient (Wildman–Crippen LogP) is 1.70. The number of hydrogen-bond donors (Lipinski definition) is 2. The van der Waals surface area contributed by atoms with Crippen LogP contribution >= 0.6 is 0 Å². The SMILES string of the molecule is CC(=O)Nc1ccc(C2COCCCN2)cc1. The van der Waals surface area contributed by atoms with Gasteiger partial charge in [-0.15, -0.1) is 0 Å². The number of benzene rings is 1. The summed E-state index contributed by atoms with van der Waals surface area (Å²) in [4.78, 5) is 10.9. The molecule has 4 heteroatoms. The Morgan fingerprint density at radius 2 is 2.18 bits per heavy atom. The van der Waals surface area contributed by atoms with Crippen molar-refractivity contribution in [1.29, 1.82) is 0 Å². The summed E-state index contributed by atoms with van der Waals surface area (Å²) in [5.74, 6) is -0.0475. The second kappa shape index (κ2) is 5.80. The largest absolute Gasteiger partial charge is 0.379 e. The van der Waals surface area contributed by atoms with Crippen molar-refractivity contribution in [3.8, 4) is 0 Å². The van der Waals surface area contributed by atoms with E-state index >= 15 is 0 Å². The van der Waals surface area contributed by atoms with Crippen LogP contribution in [0, 0.1) is 0 Å². The molecular formula is C13H18N2O2. The van der Waals surface area contributed by atoms with Crippen LogP contribution in [0.3, 0.4) is 0 Å². The third kappa shape index (κ3) is 3.54. The maximum absolute atomic E-state index is 10.9. The number of amides is 1. The lowest BCUT2D eigenvalue weighted by Gasteiger charge is -2.16. The highest BCUT2D eigenvalue weighted by molar-refractivity contribution is 5.88. The summed E-state index contributed by atoms with van der Waals surface area (Å²) in [5.41, 5.74) is 2.02. The molecule has 1 aliphatic heterocycles. The molecule has 0 saturated carbocycles. The first-order valence-corrected chi connectivity index (χ1v) is 5.94. The summed E-state index contributed by atoms with van der Waals surface area (Å²) >= 11 is 0. The quantitative estimate of drug-likeness (QED) is 0.818. The number of rotatable bonds is 2. The summed E-state index contributed by atoms with van der Waals surface area (Å²) in [6.07, 6.45) is 1.06. The molecule has 1 atom stereocenters. The zero-order valence-corrected chi connectivity index (χ0v) is 10.0. The van der Waals surface area contributed by atoms with Crippen LogP contribution in [0.2, 0.25) is 0 Å². The van der Waals surface area contributed by atoms with E-state index in [4.69, 9.17) is 4.74 Å². The highest BCUT2D eigenvalue weighted by Gasteiger charge is 2.13. The third-order valence-electron chi connectivity index (χ3n) is 2.77. The normalized spacial score (nSPS) is 20.6. The van der Waals surface area contributed by atoms with Crippen molar-refractivity contribution in [2.45, 2.75) is 19.4 Å². The number of hydrogen-bond acceptors (Lipinski definition) is 3.